The van der Waals surface area contributed by atoms with Gasteiger partial charge in [-0.15, -0.1) is 0 Å². The molecular weight excluding hydrogens is 769 g/mol. The summed E-state index contributed by atoms with van der Waals surface area (Å²) in [6, 6.07) is 18.3. The highest BCUT2D eigenvalue weighted by Gasteiger charge is 2.47. The van der Waals surface area contributed by atoms with Gasteiger partial charge < -0.3 is 30.7 Å². The molecule has 3 aromatic rings. The number of alkyl halides is 3. The summed E-state index contributed by atoms with van der Waals surface area (Å²) in [6.07, 6.45) is -3.88. The molecule has 0 unspecified atom stereocenters. The van der Waals surface area contributed by atoms with Crippen LogP contribution in [-0.4, -0.2) is 92.9 Å². The number of aliphatic carboxylic acids is 1. The number of nitrogens with zero attached hydrogens (tertiary/aromatic N) is 2. The third kappa shape index (κ3) is 10.9. The number of halogens is 6. The Hall–Kier alpha value is -4.44. The summed E-state index contributed by atoms with van der Waals surface area (Å²) in [4.78, 5) is 53.0. The van der Waals surface area contributed by atoms with Gasteiger partial charge in [-0.25, -0.2) is 14.0 Å². The maximum atomic E-state index is 14.4. The first-order valence-corrected chi connectivity index (χ1v) is 18.2. The SMILES string of the molecule is CNCCNC(=O)[C@@H](Cc1ccccc1)NC(=O)[C@](C)(CCN1CCC2(CC1)OC(=O)N(C)c1ccc(F)cc12)c1ccc(Cl)c(Cl)c1.O=C(O)C(F)(F)F. The summed E-state index contributed by atoms with van der Waals surface area (Å²) in [7, 11) is 3.42. The van der Waals surface area contributed by atoms with Crippen LogP contribution in [0.25, 0.3) is 0 Å². The number of amides is 3. The Bertz CT molecular complexity index is 1850. The molecule has 4 N–H and O–H groups in total. The number of likely N-dealkylation sites (tertiary alicyclic amines) is 1. The Morgan fingerprint density at radius 1 is 0.982 bits per heavy atom. The average Bonchev–Trinajstić information content (AvgIpc) is 3.14. The Morgan fingerprint density at radius 2 is 1.64 bits per heavy atom. The third-order valence-electron chi connectivity index (χ3n) is 9.84. The normalized spacial score (nSPS) is 16.8. The molecule has 1 saturated heterocycles. The number of carbonyl (C=O) groups excluding carboxylic acids is 3. The fraction of sp³-hybridized carbons (Fsp3) is 0.421. The van der Waals surface area contributed by atoms with E-state index in [0.717, 1.165) is 5.56 Å². The van der Waals surface area contributed by atoms with Crippen molar-refractivity contribution in [2.45, 2.75) is 55.8 Å². The van der Waals surface area contributed by atoms with E-state index in [9.17, 15) is 31.9 Å². The first kappa shape index (κ1) is 43.3. The first-order valence-electron chi connectivity index (χ1n) is 17.4. The van der Waals surface area contributed by atoms with Crippen LogP contribution in [0.1, 0.15) is 42.9 Å². The standard InChI is InChI=1S/C36H42Cl2FN5O4.C2HF3O2/c1-35(25-9-11-28(37)29(38)22-25,33(46)42-30(32(45)41-17-16-40-2)21-24-7-5-4-6-8-24)13-18-44-19-14-36(15-20-44)27-23-26(39)10-12-31(27)43(3)34(47)48-36;3-2(4,5)1(6)7/h4-12,22-23,30,40H,13-21H2,1-3H3,(H,41,45)(H,42,46);(H,6,7)/t30-,35-;/m1./s1. The van der Waals surface area contributed by atoms with E-state index in [1.807, 2.05) is 37.3 Å². The Kier molecular flexibility index (Phi) is 14.5. The summed E-state index contributed by atoms with van der Waals surface area (Å²) in [5.41, 5.74) is 0.894. The number of rotatable bonds is 12. The fourth-order valence-electron chi connectivity index (χ4n) is 6.48. The number of fused-ring (bicyclic) bond motifs is 2. The van der Waals surface area contributed by atoms with E-state index in [2.05, 4.69) is 20.9 Å². The highest BCUT2D eigenvalue weighted by atomic mass is 35.5. The summed E-state index contributed by atoms with van der Waals surface area (Å²) >= 11 is 12.7. The van der Waals surface area contributed by atoms with Gasteiger partial charge in [0, 0.05) is 58.1 Å². The van der Waals surface area contributed by atoms with Gasteiger partial charge in [0.2, 0.25) is 11.8 Å². The van der Waals surface area contributed by atoms with Crippen LogP contribution in [0.2, 0.25) is 10.0 Å². The van der Waals surface area contributed by atoms with Crippen molar-refractivity contribution in [1.82, 2.24) is 20.9 Å². The van der Waals surface area contributed by atoms with Gasteiger partial charge in [0.25, 0.3) is 0 Å². The molecule has 2 atom stereocenters. The van der Waals surface area contributed by atoms with E-state index < -0.39 is 35.3 Å². The second kappa shape index (κ2) is 18.5. The van der Waals surface area contributed by atoms with Gasteiger partial charge in [-0.3, -0.25) is 14.5 Å². The van der Waals surface area contributed by atoms with Gasteiger partial charge in [0.1, 0.15) is 17.5 Å². The van der Waals surface area contributed by atoms with Crippen molar-refractivity contribution in [3.8, 4) is 0 Å². The highest BCUT2D eigenvalue weighted by Crippen LogP contribution is 2.45. The van der Waals surface area contributed by atoms with Crippen LogP contribution in [-0.2, 0) is 36.6 Å². The molecule has 298 valence electrons. The molecule has 5 rings (SSSR count). The van der Waals surface area contributed by atoms with Gasteiger partial charge in [-0.1, -0.05) is 59.6 Å². The fourth-order valence-corrected chi connectivity index (χ4v) is 6.78. The number of ether oxygens (including phenoxy) is 1. The Morgan fingerprint density at radius 3 is 2.24 bits per heavy atom. The molecule has 11 nitrogen and oxygen atoms in total. The van der Waals surface area contributed by atoms with Crippen molar-refractivity contribution in [3.63, 3.8) is 0 Å². The number of likely N-dealkylation sites (N-methyl/N-ethyl adjacent to an activating group) is 1. The Labute approximate surface area is 326 Å². The van der Waals surface area contributed by atoms with E-state index in [1.54, 1.807) is 38.4 Å². The molecule has 1 spiro atoms. The number of hydrogen-bond donors (Lipinski definition) is 4. The predicted molar refractivity (Wildman–Crippen MR) is 200 cm³/mol. The molecule has 0 radical (unpaired) electrons. The lowest BCUT2D eigenvalue weighted by Gasteiger charge is -2.46. The third-order valence-corrected chi connectivity index (χ3v) is 10.6. The zero-order valence-corrected chi connectivity index (χ0v) is 32.0. The summed E-state index contributed by atoms with van der Waals surface area (Å²) in [5, 5.41) is 16.8. The molecule has 0 aliphatic carbocycles. The lowest BCUT2D eigenvalue weighted by Crippen LogP contribution is -2.55. The van der Waals surface area contributed by atoms with Crippen molar-refractivity contribution in [3.05, 3.63) is 99.3 Å². The minimum absolute atomic E-state index is 0.273. The van der Waals surface area contributed by atoms with Crippen LogP contribution < -0.4 is 20.9 Å². The number of nitrogens with one attached hydrogen (secondary N) is 3. The molecule has 2 heterocycles. The molecule has 2 aliphatic heterocycles. The second-order valence-electron chi connectivity index (χ2n) is 13.5. The van der Waals surface area contributed by atoms with E-state index in [4.69, 9.17) is 37.8 Å². The molecule has 55 heavy (non-hydrogen) atoms. The van der Waals surface area contributed by atoms with Crippen LogP contribution in [0.4, 0.5) is 28.0 Å². The average molecular weight is 813 g/mol. The predicted octanol–water partition coefficient (Wildman–Crippen LogP) is 6.05. The lowest BCUT2D eigenvalue weighted by molar-refractivity contribution is -0.192. The van der Waals surface area contributed by atoms with Crippen molar-refractivity contribution in [1.29, 1.82) is 0 Å². The molecule has 17 heteroatoms. The minimum atomic E-state index is -5.08. The van der Waals surface area contributed by atoms with E-state index in [0.29, 0.717) is 85.3 Å². The van der Waals surface area contributed by atoms with Crippen LogP contribution in [0, 0.1) is 5.82 Å². The second-order valence-corrected chi connectivity index (χ2v) is 14.4. The number of hydrogen-bond acceptors (Lipinski definition) is 7. The van der Waals surface area contributed by atoms with Gasteiger partial charge in [0.05, 0.1) is 21.1 Å². The van der Waals surface area contributed by atoms with E-state index >= 15 is 0 Å². The van der Waals surface area contributed by atoms with Crippen LogP contribution in [0.5, 0.6) is 0 Å². The van der Waals surface area contributed by atoms with Gasteiger partial charge in [-0.2, -0.15) is 13.2 Å². The topological polar surface area (TPSA) is 140 Å². The number of benzene rings is 3. The zero-order valence-electron chi connectivity index (χ0n) is 30.4. The number of carbonyl (C=O) groups is 4. The van der Waals surface area contributed by atoms with Crippen molar-refractivity contribution in [2.24, 2.45) is 0 Å². The number of piperidine rings is 1. The summed E-state index contributed by atoms with van der Waals surface area (Å²) in [6.45, 7) is 4.52. The van der Waals surface area contributed by atoms with E-state index in [1.165, 1.54) is 17.0 Å². The Balaban J connectivity index is 0.000000876. The highest BCUT2D eigenvalue weighted by molar-refractivity contribution is 6.42. The smallest absolute Gasteiger partial charge is 0.475 e. The van der Waals surface area contributed by atoms with Crippen LogP contribution >= 0.6 is 23.2 Å². The minimum Gasteiger partial charge on any atom is -0.475 e. The van der Waals surface area contributed by atoms with Gasteiger partial charge in [0.15, 0.2) is 0 Å². The number of carboxylic acid groups (broad SMARTS) is 1. The maximum absolute atomic E-state index is 14.4. The number of anilines is 1. The molecule has 3 amide bonds. The van der Waals surface area contributed by atoms with E-state index in [-0.39, 0.29) is 17.6 Å². The van der Waals surface area contributed by atoms with Gasteiger partial charge in [-0.05, 0) is 68.4 Å². The first-order chi connectivity index (χ1) is 25.9. The lowest BCUT2D eigenvalue weighted by atomic mass is 9.77. The van der Waals surface area contributed by atoms with Crippen molar-refractivity contribution in [2.75, 3.05) is 51.7 Å². The zero-order chi connectivity index (χ0) is 40.6. The molecule has 0 bridgehead atoms. The summed E-state index contributed by atoms with van der Waals surface area (Å²) in [5.74, 6) is -3.73. The maximum Gasteiger partial charge on any atom is 0.490 e. The monoisotopic (exact) mass is 811 g/mol. The van der Waals surface area contributed by atoms with Crippen LogP contribution in [0.3, 0.4) is 0 Å². The number of carboxylic acids is 1. The van der Waals surface area contributed by atoms with Crippen LogP contribution in [0.15, 0.2) is 66.7 Å². The van der Waals surface area contributed by atoms with Crippen molar-refractivity contribution < 1.29 is 46.6 Å². The molecule has 3 aromatic carbocycles. The summed E-state index contributed by atoms with van der Waals surface area (Å²) < 4.78 is 52.0. The molecule has 1 fully saturated rings. The molecule has 0 saturated carbocycles. The largest absolute Gasteiger partial charge is 0.490 e. The van der Waals surface area contributed by atoms with Gasteiger partial charge >= 0.3 is 18.2 Å². The quantitative estimate of drug-likeness (QED) is 0.128. The molecular formula is C38H43Cl2F4N5O6. The molecule has 0 aromatic heterocycles. The van der Waals surface area contributed by atoms with Crippen molar-refractivity contribution >= 4 is 52.8 Å². The molecule has 2 aliphatic rings.